The van der Waals surface area contributed by atoms with Crippen LogP contribution in [-0.2, 0) is 30.4 Å². The highest BCUT2D eigenvalue weighted by molar-refractivity contribution is 7.86. The molecular weight excluding hydrogens is 855 g/mol. The van der Waals surface area contributed by atoms with E-state index in [1.807, 2.05) is 30.3 Å². The summed E-state index contributed by atoms with van der Waals surface area (Å²) in [5, 5.41) is 42.1. The zero-order valence-corrected chi connectivity index (χ0v) is 33.9. The maximum atomic E-state index is 12.5. The van der Waals surface area contributed by atoms with Crippen LogP contribution in [0, 0.1) is 0 Å². The molecule has 0 unspecified atom stereocenters. The fourth-order valence-corrected chi connectivity index (χ4v) is 8.07. The number of rotatable bonds is 12. The molecule has 0 radical (unpaired) electrons. The number of azo groups is 2. The number of methoxy groups -OCH3 is 2. The Morgan fingerprint density at radius 3 is 1.62 bits per heavy atom. The molecule has 61 heavy (non-hydrogen) atoms. The van der Waals surface area contributed by atoms with Crippen LogP contribution < -0.4 is 14.8 Å². The van der Waals surface area contributed by atoms with Crippen molar-refractivity contribution < 1.29 is 58.6 Å². The smallest absolute Gasteiger partial charge is 0.298 e. The van der Waals surface area contributed by atoms with Crippen LogP contribution in [0.25, 0.3) is 32.7 Å². The van der Waals surface area contributed by atoms with Gasteiger partial charge < -0.3 is 25.0 Å². The second-order valence-electron chi connectivity index (χ2n) is 13.1. The van der Waals surface area contributed by atoms with E-state index in [0.29, 0.717) is 22.2 Å². The van der Waals surface area contributed by atoms with Gasteiger partial charge in [-0.25, -0.2) is 0 Å². The number of nitrogens with zero attached hydrogens (tertiary/aromatic N) is 4. The average Bonchev–Trinajstić information content (AvgIpc) is 3.22. The second-order valence-corrected chi connectivity index (χ2v) is 17.3. The summed E-state index contributed by atoms with van der Waals surface area (Å²) in [6.07, 6.45) is 0. The minimum atomic E-state index is -5.04. The maximum Gasteiger partial charge on any atom is 0.298 e. The number of nitrogens with one attached hydrogen (secondary N) is 1. The zero-order chi connectivity index (χ0) is 43.9. The molecule has 0 spiro atoms. The summed E-state index contributed by atoms with van der Waals surface area (Å²) in [5.74, 6) is -1.20. The van der Waals surface area contributed by atoms with Gasteiger partial charge >= 0.3 is 0 Å². The van der Waals surface area contributed by atoms with E-state index in [-0.39, 0.29) is 39.0 Å². The number of ether oxygens (including phenoxy) is 2. The Balaban J connectivity index is 1.22. The van der Waals surface area contributed by atoms with Crippen molar-refractivity contribution in [3.05, 3.63) is 115 Å². The van der Waals surface area contributed by atoms with Crippen molar-refractivity contribution in [3.63, 3.8) is 0 Å². The minimum Gasteiger partial charge on any atom is -0.505 e. The van der Waals surface area contributed by atoms with Gasteiger partial charge in [-0.3, -0.25) is 13.7 Å². The Hall–Kier alpha value is -7.01. The van der Waals surface area contributed by atoms with Crippen LogP contribution in [0.5, 0.6) is 23.0 Å². The van der Waals surface area contributed by atoms with Gasteiger partial charge in [0.15, 0.2) is 11.5 Å². The molecule has 0 heterocycles. The number of para-hydroxylation sites is 1. The lowest BCUT2D eigenvalue weighted by molar-refractivity contribution is 0.415. The summed E-state index contributed by atoms with van der Waals surface area (Å²) in [4.78, 5) is -2.24. The fraction of sp³-hybridized carbons (Fsp3) is 0.0500. The van der Waals surface area contributed by atoms with Crippen molar-refractivity contribution in [2.45, 2.75) is 14.7 Å². The fourth-order valence-electron chi connectivity index (χ4n) is 6.28. The van der Waals surface area contributed by atoms with E-state index < -0.39 is 67.9 Å². The molecule has 0 aromatic heterocycles. The first-order valence-electron chi connectivity index (χ1n) is 17.4. The lowest BCUT2D eigenvalue weighted by atomic mass is 10.0. The molecule has 0 amide bonds. The Kier molecular flexibility index (Phi) is 11.2. The predicted octanol–water partition coefficient (Wildman–Crippen LogP) is 9.40. The molecule has 0 bridgehead atoms. The van der Waals surface area contributed by atoms with Gasteiger partial charge in [0.25, 0.3) is 30.4 Å². The Morgan fingerprint density at radius 2 is 1.07 bits per heavy atom. The van der Waals surface area contributed by atoms with Crippen LogP contribution in [0.1, 0.15) is 0 Å². The summed E-state index contributed by atoms with van der Waals surface area (Å²) in [6.45, 7) is 0. The topological polar surface area (TPSA) is 284 Å². The van der Waals surface area contributed by atoms with E-state index in [1.54, 1.807) is 42.5 Å². The zero-order valence-electron chi connectivity index (χ0n) is 31.5. The lowest BCUT2D eigenvalue weighted by Gasteiger charge is -2.12. The quantitative estimate of drug-likeness (QED) is 0.0492. The number of aromatic hydroxyl groups is 2. The highest BCUT2D eigenvalue weighted by Gasteiger charge is 2.24. The molecule has 0 saturated carbocycles. The van der Waals surface area contributed by atoms with Crippen molar-refractivity contribution in [1.82, 2.24) is 0 Å². The molecule has 6 N–H and O–H groups in total. The number of anilines is 2. The minimum absolute atomic E-state index is 0.0243. The van der Waals surface area contributed by atoms with E-state index in [4.69, 9.17) is 9.47 Å². The number of fused-ring (bicyclic) bond motifs is 2. The van der Waals surface area contributed by atoms with Gasteiger partial charge in [-0.1, -0.05) is 42.5 Å². The third-order valence-corrected chi connectivity index (χ3v) is 11.8. The molecular formula is C40H31N5O13S3. The Bertz CT molecular complexity index is 3310. The predicted molar refractivity (Wildman–Crippen MR) is 224 cm³/mol. The van der Waals surface area contributed by atoms with Crippen molar-refractivity contribution in [3.8, 4) is 34.1 Å². The standard InChI is InChI=1S/C40H31N5O13S3/c1-57-33-17-22(9-14-31(33)42-44-37-29-13-12-28(59(48,49)50)16-25(29)20-36(40(37)47)61(54,55)56)23-10-15-32(34(18-23)58-2)43-45-38-35(60(51,52)53)19-24-8-11-27(21-30(24)39(38)46)41-26-6-4-3-5-7-26/h3-21,41,46-47H,1-2H3,(H,48,49,50)(H,51,52,53)(H,54,55,56). The number of phenols is 2. The number of hydrogen-bond donors (Lipinski definition) is 6. The molecule has 7 rings (SSSR count). The van der Waals surface area contributed by atoms with Crippen LogP contribution in [0.2, 0.25) is 0 Å². The van der Waals surface area contributed by atoms with Crippen LogP contribution in [0.4, 0.5) is 34.1 Å². The summed E-state index contributed by atoms with van der Waals surface area (Å²) < 4.78 is 113. The number of hydrogen-bond acceptors (Lipinski definition) is 15. The van der Waals surface area contributed by atoms with Crippen LogP contribution in [0.15, 0.2) is 150 Å². The molecule has 21 heteroatoms. The van der Waals surface area contributed by atoms with Crippen LogP contribution in [0.3, 0.4) is 0 Å². The highest BCUT2D eigenvalue weighted by atomic mass is 32.2. The monoisotopic (exact) mass is 885 g/mol. The van der Waals surface area contributed by atoms with Gasteiger partial charge in [-0.15, -0.1) is 20.5 Å². The van der Waals surface area contributed by atoms with Crippen LogP contribution >= 0.6 is 0 Å². The Labute approximate surface area is 347 Å². The summed E-state index contributed by atoms with van der Waals surface area (Å²) >= 11 is 0. The molecule has 0 atom stereocenters. The normalized spacial score (nSPS) is 12.4. The maximum absolute atomic E-state index is 12.5. The van der Waals surface area contributed by atoms with Gasteiger partial charge in [0.1, 0.15) is 44.0 Å². The molecule has 0 aliphatic rings. The molecule has 18 nitrogen and oxygen atoms in total. The van der Waals surface area contributed by atoms with Gasteiger partial charge in [-0.05, 0) is 94.7 Å². The van der Waals surface area contributed by atoms with E-state index >= 15 is 0 Å². The van der Waals surface area contributed by atoms with E-state index in [9.17, 15) is 49.1 Å². The van der Waals surface area contributed by atoms with Gasteiger partial charge in [-0.2, -0.15) is 25.3 Å². The largest absolute Gasteiger partial charge is 0.505 e. The highest BCUT2D eigenvalue weighted by Crippen LogP contribution is 2.45. The number of phenolic OH excluding ortho intramolecular Hbond substituents is 2. The first kappa shape index (κ1) is 42.1. The first-order chi connectivity index (χ1) is 28.8. The van der Waals surface area contributed by atoms with E-state index in [2.05, 4.69) is 25.8 Å². The Morgan fingerprint density at radius 1 is 0.492 bits per heavy atom. The molecule has 7 aromatic rings. The van der Waals surface area contributed by atoms with Gasteiger partial charge in [0, 0.05) is 22.1 Å². The third kappa shape index (κ3) is 8.82. The van der Waals surface area contributed by atoms with Crippen LogP contribution in [-0.4, -0.2) is 63.3 Å². The second kappa shape index (κ2) is 16.2. The number of benzene rings is 7. The molecule has 0 aliphatic carbocycles. The SMILES string of the molecule is COc1cc(-c2ccc(N=Nc3c(O)c(S(=O)(=O)O)cc4cc(S(=O)(=O)O)ccc34)c(OC)c2)ccc1N=Nc1c(S(=O)(=O)O)cc2ccc(Nc3ccccc3)cc2c1O. The average molecular weight is 886 g/mol. The third-order valence-electron chi connectivity index (χ3n) is 9.20. The molecule has 7 aromatic carbocycles. The lowest BCUT2D eigenvalue weighted by Crippen LogP contribution is -2.00. The molecule has 0 fully saturated rings. The molecule has 312 valence electrons. The van der Waals surface area contributed by atoms with Crippen molar-refractivity contribution >= 4 is 86.0 Å². The first-order valence-corrected chi connectivity index (χ1v) is 21.7. The van der Waals surface area contributed by atoms with Gasteiger partial charge in [0.2, 0.25) is 0 Å². The van der Waals surface area contributed by atoms with E-state index in [0.717, 1.165) is 30.0 Å². The summed E-state index contributed by atoms with van der Waals surface area (Å²) in [7, 11) is -11.9. The molecule has 0 saturated heterocycles. The van der Waals surface area contributed by atoms with Gasteiger partial charge in [0.05, 0.1) is 19.1 Å². The van der Waals surface area contributed by atoms with E-state index in [1.165, 1.54) is 32.4 Å². The van der Waals surface area contributed by atoms with Crippen molar-refractivity contribution in [2.24, 2.45) is 20.5 Å². The summed E-state index contributed by atoms with van der Waals surface area (Å²) in [6, 6.07) is 28.5. The molecule has 0 aliphatic heterocycles. The van der Waals surface area contributed by atoms with Crippen molar-refractivity contribution in [1.29, 1.82) is 0 Å². The van der Waals surface area contributed by atoms with Crippen molar-refractivity contribution in [2.75, 3.05) is 19.5 Å². The summed E-state index contributed by atoms with van der Waals surface area (Å²) in [5.41, 5.74) is 1.72.